The maximum absolute atomic E-state index is 13.3. The van der Waals surface area contributed by atoms with Crippen molar-refractivity contribution in [1.29, 1.82) is 0 Å². The van der Waals surface area contributed by atoms with Crippen molar-refractivity contribution in [3.63, 3.8) is 0 Å². The number of nitrogens with one attached hydrogen (secondary N) is 1. The molecule has 0 bridgehead atoms. The number of hydroxylamine groups is 1. The summed E-state index contributed by atoms with van der Waals surface area (Å²) in [5, 5.41) is 9.24. The second-order valence-electron chi connectivity index (χ2n) is 10.5. The van der Waals surface area contributed by atoms with Gasteiger partial charge in [0.15, 0.2) is 0 Å². The summed E-state index contributed by atoms with van der Waals surface area (Å²) in [5.74, 6) is -1.97. The van der Waals surface area contributed by atoms with Crippen LogP contribution in [-0.2, 0) is 19.7 Å². The van der Waals surface area contributed by atoms with Crippen LogP contribution in [0.1, 0.15) is 45.6 Å². The van der Waals surface area contributed by atoms with E-state index in [1.54, 1.807) is 19.6 Å². The standard InChI is InChI=1S/C25H38N4O5/c1-25(2,3)17-6-8-18(9-7-17)28-12-14-29(15-13-28)23(31)20-11-10-19(34-24(32)27(4)5)16-21(20)22(30)26-33/h6-9,19-21,33H,10-16H2,1-5H3,(H,26,30)/t19-,20-,21-/m0/s1. The topological polar surface area (TPSA) is 102 Å². The molecule has 1 aromatic carbocycles. The number of amides is 3. The number of anilines is 1. The first-order chi connectivity index (χ1) is 16.0. The van der Waals surface area contributed by atoms with Gasteiger partial charge in [-0.2, -0.15) is 0 Å². The molecule has 1 saturated heterocycles. The zero-order valence-corrected chi connectivity index (χ0v) is 20.9. The van der Waals surface area contributed by atoms with E-state index in [2.05, 4.69) is 49.9 Å². The highest BCUT2D eigenvalue weighted by Gasteiger charge is 2.42. The number of benzene rings is 1. The molecular weight excluding hydrogens is 436 g/mol. The molecule has 1 aliphatic carbocycles. The lowest BCUT2D eigenvalue weighted by Gasteiger charge is -2.40. The van der Waals surface area contributed by atoms with E-state index >= 15 is 0 Å². The van der Waals surface area contributed by atoms with E-state index in [-0.39, 0.29) is 17.7 Å². The minimum Gasteiger partial charge on any atom is -0.446 e. The molecule has 0 aromatic heterocycles. The molecule has 1 heterocycles. The van der Waals surface area contributed by atoms with E-state index in [9.17, 15) is 19.6 Å². The number of nitrogens with zero attached hydrogens (tertiary/aromatic N) is 3. The molecule has 3 atom stereocenters. The number of hydrogen-bond donors (Lipinski definition) is 2. The number of carbonyl (C=O) groups is 3. The van der Waals surface area contributed by atoms with Gasteiger partial charge < -0.3 is 19.4 Å². The van der Waals surface area contributed by atoms with Crippen LogP contribution in [0.2, 0.25) is 0 Å². The molecule has 1 aliphatic heterocycles. The highest BCUT2D eigenvalue weighted by molar-refractivity contribution is 5.87. The fraction of sp³-hybridized carbons (Fsp3) is 0.640. The molecule has 1 aromatic rings. The summed E-state index contributed by atoms with van der Waals surface area (Å²) in [6.45, 7) is 9.15. The van der Waals surface area contributed by atoms with Crippen LogP contribution in [-0.4, -0.2) is 79.3 Å². The van der Waals surface area contributed by atoms with Crippen molar-refractivity contribution in [3.05, 3.63) is 29.8 Å². The number of ether oxygens (including phenoxy) is 1. The summed E-state index contributed by atoms with van der Waals surface area (Å²) in [6.07, 6.45) is 0.198. The highest BCUT2D eigenvalue weighted by atomic mass is 16.6. The third kappa shape index (κ3) is 6.00. The van der Waals surface area contributed by atoms with Gasteiger partial charge in [0.05, 0.1) is 11.8 Å². The molecule has 34 heavy (non-hydrogen) atoms. The first kappa shape index (κ1) is 25.8. The largest absolute Gasteiger partial charge is 0.446 e. The van der Waals surface area contributed by atoms with Crippen LogP contribution in [0, 0.1) is 11.8 Å². The number of carbonyl (C=O) groups excluding carboxylic acids is 3. The van der Waals surface area contributed by atoms with E-state index in [0.29, 0.717) is 39.0 Å². The molecule has 3 rings (SSSR count). The minimum atomic E-state index is -0.741. The summed E-state index contributed by atoms with van der Waals surface area (Å²) in [5.41, 5.74) is 4.22. The first-order valence-corrected chi connectivity index (χ1v) is 12.0. The molecular formula is C25H38N4O5. The van der Waals surface area contributed by atoms with Crippen molar-refractivity contribution >= 4 is 23.6 Å². The number of rotatable bonds is 4. The lowest BCUT2D eigenvalue weighted by molar-refractivity contribution is -0.149. The van der Waals surface area contributed by atoms with Gasteiger partial charge in [-0.3, -0.25) is 14.8 Å². The van der Waals surface area contributed by atoms with E-state index in [4.69, 9.17) is 4.74 Å². The van der Waals surface area contributed by atoms with Gasteiger partial charge in [-0.25, -0.2) is 10.3 Å². The minimum absolute atomic E-state index is 0.0753. The number of piperazine rings is 1. The predicted octanol–water partition coefficient (Wildman–Crippen LogP) is 2.62. The summed E-state index contributed by atoms with van der Waals surface area (Å²) < 4.78 is 5.44. The molecule has 9 heteroatoms. The molecule has 1 saturated carbocycles. The van der Waals surface area contributed by atoms with Gasteiger partial charge in [0.2, 0.25) is 11.8 Å². The monoisotopic (exact) mass is 474 g/mol. The Morgan fingerprint density at radius 1 is 1.00 bits per heavy atom. The third-order valence-electron chi connectivity index (χ3n) is 6.89. The van der Waals surface area contributed by atoms with E-state index in [1.165, 1.54) is 10.5 Å². The van der Waals surface area contributed by atoms with Crippen LogP contribution < -0.4 is 10.4 Å². The Hall–Kier alpha value is -2.81. The summed E-state index contributed by atoms with van der Waals surface area (Å²) in [6, 6.07) is 8.59. The molecule has 2 N–H and O–H groups in total. The van der Waals surface area contributed by atoms with E-state index < -0.39 is 29.9 Å². The molecule has 3 amide bonds. The highest BCUT2D eigenvalue weighted by Crippen LogP contribution is 2.34. The average molecular weight is 475 g/mol. The quantitative estimate of drug-likeness (QED) is 0.514. The van der Waals surface area contributed by atoms with Crippen LogP contribution in [0.3, 0.4) is 0 Å². The zero-order chi connectivity index (χ0) is 25.0. The molecule has 188 valence electrons. The van der Waals surface area contributed by atoms with Crippen molar-refractivity contribution in [1.82, 2.24) is 15.3 Å². The predicted molar refractivity (Wildman–Crippen MR) is 129 cm³/mol. The summed E-state index contributed by atoms with van der Waals surface area (Å²) in [4.78, 5) is 43.0. The Morgan fingerprint density at radius 2 is 1.62 bits per heavy atom. The Morgan fingerprint density at radius 3 is 2.15 bits per heavy atom. The van der Waals surface area contributed by atoms with Gasteiger partial charge in [-0.1, -0.05) is 32.9 Å². The first-order valence-electron chi connectivity index (χ1n) is 12.0. The fourth-order valence-electron chi connectivity index (χ4n) is 4.75. The van der Waals surface area contributed by atoms with Crippen molar-refractivity contribution in [2.45, 2.75) is 51.6 Å². The van der Waals surface area contributed by atoms with Crippen molar-refractivity contribution in [2.75, 3.05) is 45.2 Å². The van der Waals surface area contributed by atoms with Gasteiger partial charge >= 0.3 is 6.09 Å². The zero-order valence-electron chi connectivity index (χ0n) is 20.9. The van der Waals surface area contributed by atoms with Crippen LogP contribution in [0.4, 0.5) is 10.5 Å². The second kappa shape index (κ2) is 10.6. The maximum atomic E-state index is 13.3. The van der Waals surface area contributed by atoms with Crippen molar-refractivity contribution in [3.8, 4) is 0 Å². The van der Waals surface area contributed by atoms with Gasteiger partial charge in [0.1, 0.15) is 6.10 Å². The van der Waals surface area contributed by atoms with Crippen LogP contribution in [0.15, 0.2) is 24.3 Å². The Balaban J connectivity index is 1.60. The Labute approximate surface area is 202 Å². The fourth-order valence-corrected chi connectivity index (χ4v) is 4.75. The Bertz CT molecular complexity index is 872. The maximum Gasteiger partial charge on any atom is 0.409 e. The molecule has 2 fully saturated rings. The van der Waals surface area contributed by atoms with Gasteiger partial charge in [0, 0.05) is 46.0 Å². The Kier molecular flexibility index (Phi) is 8.07. The van der Waals surface area contributed by atoms with Crippen molar-refractivity contribution < 1.29 is 24.3 Å². The lowest BCUT2D eigenvalue weighted by Crippen LogP contribution is -2.53. The third-order valence-corrected chi connectivity index (χ3v) is 6.89. The summed E-state index contributed by atoms with van der Waals surface area (Å²) in [7, 11) is 3.18. The normalized spacial score (nSPS) is 23.3. The SMILES string of the molecule is CN(C)C(=O)O[C@H]1CC[C@H](C(=O)N2CCN(c3ccc(C(C)(C)C)cc3)CC2)[C@@H](C(=O)NO)C1. The van der Waals surface area contributed by atoms with E-state index in [1.807, 2.05) is 4.90 Å². The molecule has 2 aliphatic rings. The second-order valence-corrected chi connectivity index (χ2v) is 10.5. The van der Waals surface area contributed by atoms with Gasteiger partial charge in [-0.05, 0) is 42.4 Å². The average Bonchev–Trinajstić information content (AvgIpc) is 2.82. The van der Waals surface area contributed by atoms with Crippen LogP contribution in [0.25, 0.3) is 0 Å². The molecule has 0 unspecified atom stereocenters. The van der Waals surface area contributed by atoms with E-state index in [0.717, 1.165) is 5.69 Å². The van der Waals surface area contributed by atoms with Crippen molar-refractivity contribution in [2.24, 2.45) is 11.8 Å². The van der Waals surface area contributed by atoms with Crippen LogP contribution >= 0.6 is 0 Å². The summed E-state index contributed by atoms with van der Waals surface area (Å²) >= 11 is 0. The lowest BCUT2D eigenvalue weighted by atomic mass is 9.76. The van der Waals surface area contributed by atoms with Crippen LogP contribution in [0.5, 0.6) is 0 Å². The smallest absolute Gasteiger partial charge is 0.409 e. The number of hydrogen-bond acceptors (Lipinski definition) is 6. The molecule has 0 spiro atoms. The molecule has 0 radical (unpaired) electrons. The molecule has 9 nitrogen and oxygen atoms in total. The van der Waals surface area contributed by atoms with Gasteiger partial charge in [-0.15, -0.1) is 0 Å². The van der Waals surface area contributed by atoms with Gasteiger partial charge in [0.25, 0.3) is 0 Å².